The Hall–Kier alpha value is -4.10. The zero-order valence-electron chi connectivity index (χ0n) is 22.8. The van der Waals surface area contributed by atoms with E-state index in [1.165, 1.54) is 72.7 Å². The number of aryl methyl sites for hydroxylation is 6. The topological polar surface area (TPSA) is 3.24 Å². The lowest BCUT2D eigenvalue weighted by atomic mass is 9.97. The maximum atomic E-state index is 2.43. The summed E-state index contributed by atoms with van der Waals surface area (Å²) in [4.78, 5) is 2.43. The minimum absolute atomic E-state index is 1.20. The molecule has 5 aromatic carbocycles. The average Bonchev–Trinajstić information content (AvgIpc) is 2.87. The predicted molar refractivity (Wildman–Crippen MR) is 160 cm³/mol. The molecule has 0 saturated carbocycles. The number of hydrogen-bond acceptors (Lipinski definition) is 1. The number of hydrogen-bond donors (Lipinski definition) is 0. The van der Waals surface area contributed by atoms with Crippen molar-refractivity contribution >= 4 is 17.1 Å². The molecule has 184 valence electrons. The third kappa shape index (κ3) is 5.08. The molecule has 1 heteroatoms. The third-order valence-corrected chi connectivity index (χ3v) is 7.17. The summed E-state index contributed by atoms with van der Waals surface area (Å²) in [5.41, 5.74) is 16.2. The standard InChI is InChI=1S/C36H35N/c1-24-9-7-11-30(20-24)32-14-17-35(28(5)22-32)37(34-16-13-26(3)19-27(34)4)36-18-15-33(23-29(36)6)31-12-8-10-25(2)21-31/h7-23H,1-6H3. The molecule has 0 heterocycles. The van der Waals surface area contributed by atoms with Gasteiger partial charge in [0.1, 0.15) is 0 Å². The number of anilines is 3. The molecule has 1 nitrogen and oxygen atoms in total. The van der Waals surface area contributed by atoms with E-state index in [-0.39, 0.29) is 0 Å². The van der Waals surface area contributed by atoms with Gasteiger partial charge in [-0.1, -0.05) is 89.5 Å². The monoisotopic (exact) mass is 481 g/mol. The van der Waals surface area contributed by atoms with E-state index in [1.54, 1.807) is 0 Å². The second kappa shape index (κ2) is 10.1. The van der Waals surface area contributed by atoms with E-state index >= 15 is 0 Å². The molecular formula is C36H35N. The first-order valence-electron chi connectivity index (χ1n) is 13.0. The smallest absolute Gasteiger partial charge is 0.0491 e. The van der Waals surface area contributed by atoms with Gasteiger partial charge in [-0.05, 0) is 111 Å². The molecule has 0 amide bonds. The zero-order chi connectivity index (χ0) is 26.1. The van der Waals surface area contributed by atoms with Crippen LogP contribution in [0.5, 0.6) is 0 Å². The van der Waals surface area contributed by atoms with Crippen molar-refractivity contribution in [1.29, 1.82) is 0 Å². The largest absolute Gasteiger partial charge is 0.310 e. The van der Waals surface area contributed by atoms with Crippen LogP contribution in [0.15, 0.2) is 103 Å². The summed E-state index contributed by atoms with van der Waals surface area (Å²) in [6.07, 6.45) is 0. The molecular weight excluding hydrogens is 446 g/mol. The van der Waals surface area contributed by atoms with E-state index in [4.69, 9.17) is 0 Å². The Morgan fingerprint density at radius 3 is 1.14 bits per heavy atom. The van der Waals surface area contributed by atoms with Crippen molar-refractivity contribution in [2.75, 3.05) is 4.90 Å². The molecule has 0 spiro atoms. The van der Waals surface area contributed by atoms with Crippen LogP contribution in [0.4, 0.5) is 17.1 Å². The molecule has 0 radical (unpaired) electrons. The van der Waals surface area contributed by atoms with Gasteiger partial charge in [0.2, 0.25) is 0 Å². The van der Waals surface area contributed by atoms with Crippen LogP contribution >= 0.6 is 0 Å². The predicted octanol–water partition coefficient (Wildman–Crippen LogP) is 10.3. The van der Waals surface area contributed by atoms with E-state index in [9.17, 15) is 0 Å². The van der Waals surface area contributed by atoms with Crippen LogP contribution in [0, 0.1) is 41.5 Å². The van der Waals surface area contributed by atoms with Gasteiger partial charge in [0.05, 0.1) is 0 Å². The maximum absolute atomic E-state index is 2.43. The molecule has 0 saturated heterocycles. The van der Waals surface area contributed by atoms with Gasteiger partial charge in [-0.2, -0.15) is 0 Å². The Bertz CT molecular complexity index is 1500. The molecule has 0 N–H and O–H groups in total. The molecule has 0 bridgehead atoms. The van der Waals surface area contributed by atoms with Gasteiger partial charge < -0.3 is 4.90 Å². The van der Waals surface area contributed by atoms with E-state index in [0.717, 1.165) is 0 Å². The highest BCUT2D eigenvalue weighted by Gasteiger charge is 2.19. The van der Waals surface area contributed by atoms with Crippen molar-refractivity contribution < 1.29 is 0 Å². The normalized spacial score (nSPS) is 11.0. The molecule has 0 unspecified atom stereocenters. The lowest BCUT2D eigenvalue weighted by Gasteiger charge is -2.30. The summed E-state index contributed by atoms with van der Waals surface area (Å²) in [5.74, 6) is 0. The Kier molecular flexibility index (Phi) is 6.72. The quantitative estimate of drug-likeness (QED) is 0.241. The van der Waals surface area contributed by atoms with Gasteiger partial charge in [-0.3, -0.25) is 0 Å². The second-order valence-corrected chi connectivity index (χ2v) is 10.4. The molecule has 0 fully saturated rings. The van der Waals surface area contributed by atoms with Crippen LogP contribution in [-0.4, -0.2) is 0 Å². The van der Waals surface area contributed by atoms with Crippen LogP contribution in [-0.2, 0) is 0 Å². The van der Waals surface area contributed by atoms with E-state index in [2.05, 4.69) is 150 Å². The van der Waals surface area contributed by atoms with E-state index in [1.807, 2.05) is 0 Å². The first-order chi connectivity index (χ1) is 17.8. The Morgan fingerprint density at radius 2 is 0.730 bits per heavy atom. The summed E-state index contributed by atoms with van der Waals surface area (Å²) in [6, 6.07) is 37.9. The van der Waals surface area contributed by atoms with Crippen molar-refractivity contribution in [2.45, 2.75) is 41.5 Å². The van der Waals surface area contributed by atoms with Crippen molar-refractivity contribution in [3.05, 3.63) is 137 Å². The molecule has 0 aromatic heterocycles. The lowest BCUT2D eigenvalue weighted by molar-refractivity contribution is 1.20. The fourth-order valence-electron chi connectivity index (χ4n) is 5.27. The van der Waals surface area contributed by atoms with Crippen LogP contribution in [0.25, 0.3) is 22.3 Å². The van der Waals surface area contributed by atoms with Crippen LogP contribution < -0.4 is 4.90 Å². The number of nitrogens with zero attached hydrogens (tertiary/aromatic N) is 1. The van der Waals surface area contributed by atoms with Crippen molar-refractivity contribution in [3.8, 4) is 22.3 Å². The SMILES string of the molecule is Cc1cccc(-c2ccc(N(c3ccc(C)cc3C)c3ccc(-c4cccc(C)c4)cc3C)c(C)c2)c1. The Morgan fingerprint density at radius 1 is 0.351 bits per heavy atom. The second-order valence-electron chi connectivity index (χ2n) is 10.4. The summed E-state index contributed by atoms with van der Waals surface area (Å²) in [5, 5.41) is 0. The van der Waals surface area contributed by atoms with Crippen molar-refractivity contribution in [2.24, 2.45) is 0 Å². The average molecular weight is 482 g/mol. The van der Waals surface area contributed by atoms with E-state index < -0.39 is 0 Å². The molecule has 0 aliphatic carbocycles. The Labute approximate surface area is 222 Å². The molecule has 37 heavy (non-hydrogen) atoms. The van der Waals surface area contributed by atoms with E-state index in [0.29, 0.717) is 0 Å². The minimum Gasteiger partial charge on any atom is -0.310 e. The highest BCUT2D eigenvalue weighted by Crippen LogP contribution is 2.42. The maximum Gasteiger partial charge on any atom is 0.0491 e. The molecule has 0 aliphatic rings. The minimum atomic E-state index is 1.20. The first-order valence-corrected chi connectivity index (χ1v) is 13.0. The van der Waals surface area contributed by atoms with Gasteiger partial charge in [0.15, 0.2) is 0 Å². The lowest BCUT2D eigenvalue weighted by Crippen LogP contribution is -2.14. The van der Waals surface area contributed by atoms with Crippen molar-refractivity contribution in [1.82, 2.24) is 0 Å². The van der Waals surface area contributed by atoms with Crippen LogP contribution in [0.3, 0.4) is 0 Å². The number of benzene rings is 5. The van der Waals surface area contributed by atoms with Gasteiger partial charge in [-0.25, -0.2) is 0 Å². The van der Waals surface area contributed by atoms with Crippen molar-refractivity contribution in [3.63, 3.8) is 0 Å². The van der Waals surface area contributed by atoms with Gasteiger partial charge in [0.25, 0.3) is 0 Å². The van der Waals surface area contributed by atoms with Gasteiger partial charge >= 0.3 is 0 Å². The summed E-state index contributed by atoms with van der Waals surface area (Å²) < 4.78 is 0. The zero-order valence-corrected chi connectivity index (χ0v) is 22.8. The molecule has 0 aliphatic heterocycles. The summed E-state index contributed by atoms with van der Waals surface area (Å²) >= 11 is 0. The van der Waals surface area contributed by atoms with Crippen LogP contribution in [0.2, 0.25) is 0 Å². The fraction of sp³-hybridized carbons (Fsp3) is 0.167. The molecule has 0 atom stereocenters. The fourth-order valence-corrected chi connectivity index (χ4v) is 5.27. The first kappa shape index (κ1) is 24.6. The Balaban J connectivity index is 1.65. The van der Waals surface area contributed by atoms with Gasteiger partial charge in [0, 0.05) is 17.1 Å². The van der Waals surface area contributed by atoms with Gasteiger partial charge in [-0.15, -0.1) is 0 Å². The highest BCUT2D eigenvalue weighted by molar-refractivity contribution is 5.84. The molecule has 5 aromatic rings. The summed E-state index contributed by atoms with van der Waals surface area (Å²) in [7, 11) is 0. The summed E-state index contributed by atoms with van der Waals surface area (Å²) in [6.45, 7) is 13.1. The van der Waals surface area contributed by atoms with Crippen LogP contribution in [0.1, 0.15) is 33.4 Å². The number of rotatable bonds is 5. The molecule has 5 rings (SSSR count). The highest BCUT2D eigenvalue weighted by atomic mass is 15.1. The third-order valence-electron chi connectivity index (χ3n) is 7.17.